The fourth-order valence-electron chi connectivity index (χ4n) is 2.49. The monoisotopic (exact) mass is 246 g/mol. The van der Waals surface area contributed by atoms with E-state index in [4.69, 9.17) is 0 Å². The van der Waals surface area contributed by atoms with E-state index in [1.165, 1.54) is 24.0 Å². The minimum atomic E-state index is -0.0189. The van der Waals surface area contributed by atoms with E-state index < -0.39 is 0 Å². The SMILES string of the molecule is Cc1cccc(CCNC(=O)NC2CCCC2)c1. The summed E-state index contributed by atoms with van der Waals surface area (Å²) in [6.45, 7) is 2.78. The first-order valence-electron chi connectivity index (χ1n) is 6.84. The molecule has 2 N–H and O–H groups in total. The average molecular weight is 246 g/mol. The summed E-state index contributed by atoms with van der Waals surface area (Å²) in [5.41, 5.74) is 2.54. The van der Waals surface area contributed by atoms with Gasteiger partial charge in [0.1, 0.15) is 0 Å². The van der Waals surface area contributed by atoms with Crippen molar-refractivity contribution in [2.45, 2.75) is 45.1 Å². The number of hydrogen-bond donors (Lipinski definition) is 2. The second-order valence-corrected chi connectivity index (χ2v) is 5.12. The van der Waals surface area contributed by atoms with E-state index in [0.717, 1.165) is 19.3 Å². The Bertz CT molecular complexity index is 397. The lowest BCUT2D eigenvalue weighted by Crippen LogP contribution is -2.41. The number of hydrogen-bond acceptors (Lipinski definition) is 1. The molecule has 0 radical (unpaired) electrons. The van der Waals surface area contributed by atoms with Gasteiger partial charge < -0.3 is 10.6 Å². The standard InChI is InChI=1S/C15H22N2O/c1-12-5-4-6-13(11-12)9-10-16-15(18)17-14-7-2-3-8-14/h4-6,11,14H,2-3,7-10H2,1H3,(H2,16,17,18). The van der Waals surface area contributed by atoms with Gasteiger partial charge in [-0.05, 0) is 31.7 Å². The van der Waals surface area contributed by atoms with Crippen LogP contribution in [0.1, 0.15) is 36.8 Å². The number of carbonyl (C=O) groups is 1. The maximum atomic E-state index is 11.6. The van der Waals surface area contributed by atoms with Crippen molar-refractivity contribution in [2.75, 3.05) is 6.54 Å². The number of urea groups is 1. The Hall–Kier alpha value is -1.51. The third-order valence-electron chi connectivity index (χ3n) is 3.47. The largest absolute Gasteiger partial charge is 0.338 e. The van der Waals surface area contributed by atoms with Crippen molar-refractivity contribution in [1.29, 1.82) is 0 Å². The second kappa shape index (κ2) is 6.43. The Kier molecular flexibility index (Phi) is 4.62. The van der Waals surface area contributed by atoms with Crippen LogP contribution >= 0.6 is 0 Å². The molecule has 0 atom stereocenters. The van der Waals surface area contributed by atoms with Gasteiger partial charge in [0.2, 0.25) is 0 Å². The van der Waals surface area contributed by atoms with E-state index in [-0.39, 0.29) is 6.03 Å². The predicted molar refractivity (Wildman–Crippen MR) is 73.7 cm³/mol. The molecule has 0 spiro atoms. The van der Waals surface area contributed by atoms with Crippen molar-refractivity contribution < 1.29 is 4.79 Å². The quantitative estimate of drug-likeness (QED) is 0.842. The molecule has 2 amide bonds. The lowest BCUT2D eigenvalue weighted by atomic mass is 10.1. The van der Waals surface area contributed by atoms with E-state index in [9.17, 15) is 4.79 Å². The molecule has 1 aliphatic rings. The van der Waals surface area contributed by atoms with Crippen LogP contribution in [0.15, 0.2) is 24.3 Å². The van der Waals surface area contributed by atoms with Crippen LogP contribution in [-0.4, -0.2) is 18.6 Å². The molecule has 98 valence electrons. The third-order valence-corrected chi connectivity index (χ3v) is 3.47. The summed E-state index contributed by atoms with van der Waals surface area (Å²) >= 11 is 0. The Labute approximate surface area is 109 Å². The van der Waals surface area contributed by atoms with Crippen molar-refractivity contribution in [1.82, 2.24) is 10.6 Å². The zero-order valence-corrected chi connectivity index (χ0v) is 11.0. The molecular weight excluding hydrogens is 224 g/mol. The highest BCUT2D eigenvalue weighted by Crippen LogP contribution is 2.17. The Morgan fingerprint density at radius 3 is 2.83 bits per heavy atom. The highest BCUT2D eigenvalue weighted by atomic mass is 16.2. The first kappa shape index (κ1) is 12.9. The van der Waals surface area contributed by atoms with Crippen LogP contribution in [0.4, 0.5) is 4.79 Å². The highest BCUT2D eigenvalue weighted by Gasteiger charge is 2.16. The molecule has 1 saturated carbocycles. The molecule has 0 aliphatic heterocycles. The van der Waals surface area contributed by atoms with Gasteiger partial charge in [-0.2, -0.15) is 0 Å². The molecule has 3 nitrogen and oxygen atoms in total. The van der Waals surface area contributed by atoms with E-state index in [0.29, 0.717) is 12.6 Å². The third kappa shape index (κ3) is 4.06. The van der Waals surface area contributed by atoms with Crippen LogP contribution in [0.2, 0.25) is 0 Å². The topological polar surface area (TPSA) is 41.1 Å². The van der Waals surface area contributed by atoms with Gasteiger partial charge in [0.05, 0.1) is 0 Å². The fourth-order valence-corrected chi connectivity index (χ4v) is 2.49. The minimum Gasteiger partial charge on any atom is -0.338 e. The van der Waals surface area contributed by atoms with Crippen LogP contribution in [0.3, 0.4) is 0 Å². The van der Waals surface area contributed by atoms with E-state index in [1.807, 2.05) is 0 Å². The van der Waals surface area contributed by atoms with Crippen molar-refractivity contribution in [3.05, 3.63) is 35.4 Å². The Balaban J connectivity index is 1.66. The van der Waals surface area contributed by atoms with Gasteiger partial charge in [-0.1, -0.05) is 42.7 Å². The van der Waals surface area contributed by atoms with Crippen LogP contribution in [0, 0.1) is 6.92 Å². The summed E-state index contributed by atoms with van der Waals surface area (Å²) < 4.78 is 0. The zero-order valence-electron chi connectivity index (χ0n) is 11.0. The molecule has 0 heterocycles. The zero-order chi connectivity index (χ0) is 12.8. The molecule has 0 unspecified atom stereocenters. The van der Waals surface area contributed by atoms with Crippen LogP contribution < -0.4 is 10.6 Å². The second-order valence-electron chi connectivity index (χ2n) is 5.12. The summed E-state index contributed by atoms with van der Waals surface area (Å²) in [4.78, 5) is 11.6. The average Bonchev–Trinajstić information content (AvgIpc) is 2.82. The summed E-state index contributed by atoms with van der Waals surface area (Å²) in [5, 5.41) is 5.95. The van der Waals surface area contributed by atoms with Gasteiger partial charge in [0, 0.05) is 12.6 Å². The highest BCUT2D eigenvalue weighted by molar-refractivity contribution is 5.74. The van der Waals surface area contributed by atoms with Crippen molar-refractivity contribution in [2.24, 2.45) is 0 Å². The normalized spacial score (nSPS) is 15.6. The van der Waals surface area contributed by atoms with E-state index in [1.54, 1.807) is 0 Å². The maximum Gasteiger partial charge on any atom is 0.315 e. The Morgan fingerprint density at radius 2 is 2.11 bits per heavy atom. The lowest BCUT2D eigenvalue weighted by molar-refractivity contribution is 0.237. The molecular formula is C15H22N2O. The number of rotatable bonds is 4. The summed E-state index contributed by atoms with van der Waals surface area (Å²) in [6, 6.07) is 8.78. The molecule has 0 bridgehead atoms. The minimum absolute atomic E-state index is 0.0189. The molecule has 2 rings (SSSR count). The molecule has 1 aliphatic carbocycles. The van der Waals surface area contributed by atoms with Crippen LogP contribution in [-0.2, 0) is 6.42 Å². The fraction of sp³-hybridized carbons (Fsp3) is 0.533. The van der Waals surface area contributed by atoms with E-state index >= 15 is 0 Å². The molecule has 0 saturated heterocycles. The van der Waals surface area contributed by atoms with Gasteiger partial charge in [0.25, 0.3) is 0 Å². The smallest absolute Gasteiger partial charge is 0.315 e. The van der Waals surface area contributed by atoms with Crippen molar-refractivity contribution >= 4 is 6.03 Å². The van der Waals surface area contributed by atoms with Gasteiger partial charge in [-0.15, -0.1) is 0 Å². The summed E-state index contributed by atoms with van der Waals surface area (Å²) in [7, 11) is 0. The van der Waals surface area contributed by atoms with Crippen LogP contribution in [0.5, 0.6) is 0 Å². The number of amides is 2. The summed E-state index contributed by atoms with van der Waals surface area (Å²) in [5.74, 6) is 0. The molecule has 18 heavy (non-hydrogen) atoms. The predicted octanol–water partition coefficient (Wildman–Crippen LogP) is 2.78. The first-order valence-corrected chi connectivity index (χ1v) is 6.84. The number of carbonyl (C=O) groups excluding carboxylic acids is 1. The molecule has 1 fully saturated rings. The number of aryl methyl sites for hydroxylation is 1. The van der Waals surface area contributed by atoms with Crippen LogP contribution in [0.25, 0.3) is 0 Å². The molecule has 3 heteroatoms. The number of benzene rings is 1. The van der Waals surface area contributed by atoms with E-state index in [2.05, 4.69) is 41.8 Å². The first-order chi connectivity index (χ1) is 8.74. The Morgan fingerprint density at radius 1 is 1.33 bits per heavy atom. The number of nitrogens with one attached hydrogen (secondary N) is 2. The summed E-state index contributed by atoms with van der Waals surface area (Å²) in [6.07, 6.45) is 5.64. The van der Waals surface area contributed by atoms with Crippen molar-refractivity contribution in [3.8, 4) is 0 Å². The lowest BCUT2D eigenvalue weighted by Gasteiger charge is -2.12. The maximum absolute atomic E-state index is 11.6. The van der Waals surface area contributed by atoms with Crippen molar-refractivity contribution in [3.63, 3.8) is 0 Å². The van der Waals surface area contributed by atoms with Gasteiger partial charge in [-0.25, -0.2) is 4.79 Å². The molecule has 0 aromatic heterocycles. The van der Waals surface area contributed by atoms with Gasteiger partial charge in [-0.3, -0.25) is 0 Å². The van der Waals surface area contributed by atoms with Gasteiger partial charge >= 0.3 is 6.03 Å². The molecule has 1 aromatic carbocycles. The van der Waals surface area contributed by atoms with Gasteiger partial charge in [0.15, 0.2) is 0 Å². The molecule has 1 aromatic rings.